The van der Waals surface area contributed by atoms with E-state index in [9.17, 15) is 4.79 Å². The number of nitrogens with zero attached hydrogens (tertiary/aromatic N) is 1. The van der Waals surface area contributed by atoms with E-state index in [-0.39, 0.29) is 5.41 Å². The number of hydrogen-bond acceptors (Lipinski definition) is 4. The Morgan fingerprint density at radius 2 is 1.83 bits per heavy atom. The summed E-state index contributed by atoms with van der Waals surface area (Å²) in [5, 5.41) is 1.72. The number of thioether (sulfide) groups is 1. The Labute approximate surface area is 190 Å². The highest BCUT2D eigenvalue weighted by Crippen LogP contribution is 2.47. The van der Waals surface area contributed by atoms with Crippen LogP contribution in [-0.4, -0.2) is 37.4 Å². The summed E-state index contributed by atoms with van der Waals surface area (Å²) in [6, 6.07) is 9.96. The summed E-state index contributed by atoms with van der Waals surface area (Å²) in [5.74, 6) is 1.66. The molecule has 0 unspecified atom stereocenters. The maximum atomic E-state index is 10.6. The molecule has 2 aromatic rings. The number of aldehydes is 1. The molecule has 0 aromatic heterocycles. The molecule has 0 aliphatic carbocycles. The Hall–Kier alpha value is -0.910. The normalized spacial score (nSPS) is 17.9. The number of likely N-dealkylation sites (tertiary alicyclic amines) is 1. The number of hydrogen-bond donors (Lipinski definition) is 0. The quantitative estimate of drug-likeness (QED) is 0.368. The molecule has 0 N–H and O–H groups in total. The van der Waals surface area contributed by atoms with Crippen molar-refractivity contribution in [1.29, 1.82) is 0 Å². The Kier molecular flexibility index (Phi) is 6.67. The van der Waals surface area contributed by atoms with Crippen LogP contribution in [0.15, 0.2) is 35.2 Å². The van der Waals surface area contributed by atoms with E-state index in [1.807, 2.05) is 0 Å². The highest BCUT2D eigenvalue weighted by molar-refractivity contribution is 7.98. The molecule has 0 bridgehead atoms. The fraction of sp³-hybridized carbons (Fsp3) is 0.409. The van der Waals surface area contributed by atoms with Crippen LogP contribution in [0.25, 0.3) is 0 Å². The summed E-state index contributed by atoms with van der Waals surface area (Å²) < 4.78 is 6.11. The van der Waals surface area contributed by atoms with Crippen molar-refractivity contribution in [3.05, 3.63) is 56.5 Å². The number of rotatable bonds is 6. The molecule has 2 aliphatic heterocycles. The predicted octanol–water partition coefficient (Wildman–Crippen LogP) is 6.25. The van der Waals surface area contributed by atoms with Crippen molar-refractivity contribution < 1.29 is 9.53 Å². The van der Waals surface area contributed by atoms with Crippen molar-refractivity contribution in [2.75, 3.05) is 26.2 Å². The lowest BCUT2D eigenvalue weighted by atomic mass is 9.74. The topological polar surface area (TPSA) is 29.5 Å². The molecule has 7 heteroatoms. The lowest BCUT2D eigenvalue weighted by Gasteiger charge is -2.38. The van der Waals surface area contributed by atoms with Gasteiger partial charge in [0.2, 0.25) is 0 Å². The second-order valence-corrected chi connectivity index (χ2v) is 9.96. The van der Waals surface area contributed by atoms with Gasteiger partial charge in [-0.25, -0.2) is 0 Å². The van der Waals surface area contributed by atoms with Gasteiger partial charge in [-0.1, -0.05) is 40.9 Å². The number of benzene rings is 2. The summed E-state index contributed by atoms with van der Waals surface area (Å²) in [7, 11) is 0. The first-order chi connectivity index (χ1) is 14.0. The average Bonchev–Trinajstić information content (AvgIpc) is 3.04. The van der Waals surface area contributed by atoms with Crippen LogP contribution in [0.5, 0.6) is 5.75 Å². The van der Waals surface area contributed by atoms with E-state index in [1.54, 1.807) is 23.9 Å². The highest BCUT2D eigenvalue weighted by atomic mass is 35.5. The van der Waals surface area contributed by atoms with Crippen molar-refractivity contribution in [2.45, 2.75) is 35.3 Å². The summed E-state index contributed by atoms with van der Waals surface area (Å²) in [4.78, 5) is 14.1. The average molecular weight is 471 g/mol. The van der Waals surface area contributed by atoms with Crippen LogP contribution in [0, 0.1) is 0 Å². The van der Waals surface area contributed by atoms with Crippen LogP contribution in [0.2, 0.25) is 15.1 Å². The molecule has 0 saturated carbocycles. The maximum absolute atomic E-state index is 10.6. The zero-order valence-corrected chi connectivity index (χ0v) is 19.0. The zero-order valence-electron chi connectivity index (χ0n) is 15.9. The molecule has 1 saturated heterocycles. The molecule has 3 nitrogen and oxygen atoms in total. The Morgan fingerprint density at radius 3 is 2.52 bits per heavy atom. The number of halogens is 3. The molecule has 2 heterocycles. The lowest BCUT2D eigenvalue weighted by molar-refractivity contribution is -0.108. The SMILES string of the molecule is O=CCCN1CCC2(CC1)COc1cc(SCc3c(Cl)cc(Cl)cc3Cl)ccc12. The van der Waals surface area contributed by atoms with E-state index in [4.69, 9.17) is 39.5 Å². The van der Waals surface area contributed by atoms with Crippen molar-refractivity contribution in [3.63, 3.8) is 0 Å². The second kappa shape index (κ2) is 9.07. The molecule has 0 amide bonds. The molecular formula is C22H22Cl3NO2S. The third-order valence-corrected chi connectivity index (χ3v) is 7.81. The van der Waals surface area contributed by atoms with Crippen molar-refractivity contribution in [2.24, 2.45) is 0 Å². The summed E-state index contributed by atoms with van der Waals surface area (Å²) in [6.45, 7) is 3.63. The van der Waals surface area contributed by atoms with Gasteiger partial charge in [0.1, 0.15) is 12.0 Å². The Morgan fingerprint density at radius 1 is 1.10 bits per heavy atom. The molecule has 2 aliphatic rings. The van der Waals surface area contributed by atoms with E-state index >= 15 is 0 Å². The van der Waals surface area contributed by atoms with Gasteiger partial charge in [-0.2, -0.15) is 0 Å². The van der Waals surface area contributed by atoms with Gasteiger partial charge < -0.3 is 14.4 Å². The van der Waals surface area contributed by atoms with Crippen LogP contribution in [0.1, 0.15) is 30.4 Å². The van der Waals surface area contributed by atoms with E-state index in [0.717, 1.165) is 61.6 Å². The Bertz CT molecular complexity index is 890. The summed E-state index contributed by atoms with van der Waals surface area (Å²) in [5.41, 5.74) is 2.32. The lowest BCUT2D eigenvalue weighted by Crippen LogP contribution is -2.43. The van der Waals surface area contributed by atoms with E-state index in [2.05, 4.69) is 23.1 Å². The molecule has 1 spiro atoms. The minimum Gasteiger partial charge on any atom is -0.492 e. The van der Waals surface area contributed by atoms with Crippen molar-refractivity contribution >= 4 is 52.9 Å². The fourth-order valence-electron chi connectivity index (χ4n) is 4.16. The van der Waals surface area contributed by atoms with Gasteiger partial charge in [0.05, 0.1) is 6.61 Å². The summed E-state index contributed by atoms with van der Waals surface area (Å²) >= 11 is 20.3. The number of carbonyl (C=O) groups excluding carboxylic acids is 1. The molecular weight excluding hydrogens is 449 g/mol. The monoisotopic (exact) mass is 469 g/mol. The maximum Gasteiger partial charge on any atom is 0.124 e. The molecule has 0 radical (unpaired) electrons. The van der Waals surface area contributed by atoms with Crippen LogP contribution in [0.3, 0.4) is 0 Å². The van der Waals surface area contributed by atoms with Crippen molar-refractivity contribution in [3.8, 4) is 5.75 Å². The molecule has 2 aromatic carbocycles. The third-order valence-electron chi connectivity index (χ3n) is 5.89. The third kappa shape index (κ3) is 4.57. The number of carbonyl (C=O) groups is 1. The Balaban J connectivity index is 1.44. The zero-order chi connectivity index (χ0) is 20.4. The molecule has 4 rings (SSSR count). The van der Waals surface area contributed by atoms with Gasteiger partial charge in [-0.3, -0.25) is 0 Å². The van der Waals surface area contributed by atoms with E-state index < -0.39 is 0 Å². The molecule has 1 fully saturated rings. The first kappa shape index (κ1) is 21.3. The van der Waals surface area contributed by atoms with Crippen LogP contribution in [0.4, 0.5) is 0 Å². The van der Waals surface area contributed by atoms with Gasteiger partial charge in [0.25, 0.3) is 0 Å². The van der Waals surface area contributed by atoms with Crippen LogP contribution in [-0.2, 0) is 16.0 Å². The minimum absolute atomic E-state index is 0.110. The molecule has 0 atom stereocenters. The first-order valence-corrected chi connectivity index (χ1v) is 11.8. The van der Waals surface area contributed by atoms with Gasteiger partial charge in [0.15, 0.2) is 0 Å². The second-order valence-electron chi connectivity index (χ2n) is 7.66. The van der Waals surface area contributed by atoms with Gasteiger partial charge in [0, 0.05) is 49.7 Å². The molecule has 154 valence electrons. The van der Waals surface area contributed by atoms with Crippen molar-refractivity contribution in [1.82, 2.24) is 4.90 Å². The van der Waals surface area contributed by atoms with E-state index in [0.29, 0.717) is 27.2 Å². The largest absolute Gasteiger partial charge is 0.492 e. The van der Waals surface area contributed by atoms with Crippen LogP contribution < -0.4 is 4.74 Å². The number of piperidine rings is 1. The fourth-order valence-corrected chi connectivity index (χ4v) is 6.25. The predicted molar refractivity (Wildman–Crippen MR) is 121 cm³/mol. The smallest absolute Gasteiger partial charge is 0.124 e. The number of fused-ring (bicyclic) bond motifs is 2. The molecule has 29 heavy (non-hydrogen) atoms. The van der Waals surface area contributed by atoms with Gasteiger partial charge in [-0.15, -0.1) is 11.8 Å². The van der Waals surface area contributed by atoms with Crippen LogP contribution >= 0.6 is 46.6 Å². The summed E-state index contributed by atoms with van der Waals surface area (Å²) in [6.07, 6.45) is 3.76. The van der Waals surface area contributed by atoms with Gasteiger partial charge >= 0.3 is 0 Å². The number of ether oxygens (including phenoxy) is 1. The highest BCUT2D eigenvalue weighted by Gasteiger charge is 2.42. The van der Waals surface area contributed by atoms with Gasteiger partial charge in [-0.05, 0) is 55.8 Å². The standard InChI is InChI=1S/C22H22Cl3NO2S/c23-15-10-19(24)17(20(25)11-15)13-29-16-2-3-18-21(12-16)28-14-22(18)4-7-26(8-5-22)6-1-9-27/h2-3,9-12H,1,4-8,13-14H2. The van der Waals surface area contributed by atoms with E-state index in [1.165, 1.54) is 5.56 Å². The minimum atomic E-state index is 0.110. The first-order valence-electron chi connectivity index (χ1n) is 9.70.